The van der Waals surface area contributed by atoms with Gasteiger partial charge in [-0.25, -0.2) is 33.1 Å². The van der Waals surface area contributed by atoms with Gasteiger partial charge < -0.3 is 20.1 Å². The number of aliphatic hydroxyl groups is 1. The van der Waals surface area contributed by atoms with E-state index in [-0.39, 0.29) is 25.1 Å². The van der Waals surface area contributed by atoms with Gasteiger partial charge in [0.05, 0.1) is 37.1 Å². The lowest BCUT2D eigenvalue weighted by Gasteiger charge is -2.35. The number of nitrogens with zero attached hydrogens (tertiary/aromatic N) is 5. The third-order valence-electron chi connectivity index (χ3n) is 6.50. The Bertz CT molecular complexity index is 1150. The lowest BCUT2D eigenvalue weighted by Crippen LogP contribution is -2.44. The van der Waals surface area contributed by atoms with Gasteiger partial charge in [0.1, 0.15) is 10.6 Å². The van der Waals surface area contributed by atoms with Crippen LogP contribution in [0.4, 0.5) is 16.6 Å². The molecule has 1 aliphatic carbocycles. The molecule has 0 unspecified atom stereocenters. The van der Waals surface area contributed by atoms with Crippen LogP contribution in [-0.4, -0.2) is 84.7 Å². The standard InChI is InChI=1S/C22H31N7O5S/c1-15-14-34-10-8-29(15)18-11-17(22(35(2,32)33)5-3-4-6-22)26-19(27-18)16-12-24-20(25-13-16)28-21(31)23-7-9-30/h11-13,15,30H,3-10,14H2,1-2H3,(H2,23,24,25,28,31)/t15-/m0/s1. The predicted octanol–water partition coefficient (Wildman–Crippen LogP) is 1.09. The van der Waals surface area contributed by atoms with Crippen molar-refractivity contribution in [1.82, 2.24) is 25.3 Å². The normalized spacial score (nSPS) is 20.0. The van der Waals surface area contributed by atoms with Gasteiger partial charge in [0.25, 0.3) is 0 Å². The maximum absolute atomic E-state index is 13.0. The van der Waals surface area contributed by atoms with Crippen LogP contribution >= 0.6 is 0 Å². The number of aromatic nitrogens is 4. The highest BCUT2D eigenvalue weighted by molar-refractivity contribution is 7.91. The molecular formula is C22H31N7O5S. The number of carbonyl (C=O) groups excluding carboxylic acids is 1. The summed E-state index contributed by atoms with van der Waals surface area (Å²) in [5.74, 6) is 1.04. The second-order valence-electron chi connectivity index (χ2n) is 8.93. The second kappa shape index (κ2) is 10.4. The Morgan fingerprint density at radius 3 is 2.60 bits per heavy atom. The van der Waals surface area contributed by atoms with Crippen LogP contribution in [0.5, 0.6) is 0 Å². The SMILES string of the molecule is C[C@H]1COCCN1c1cc(C2(S(C)(=O)=O)CCCC2)nc(-c2cnc(NC(=O)NCCO)nc2)n1. The highest BCUT2D eigenvalue weighted by atomic mass is 32.2. The number of rotatable bonds is 7. The third-order valence-corrected chi connectivity index (χ3v) is 8.53. The smallest absolute Gasteiger partial charge is 0.321 e. The van der Waals surface area contributed by atoms with Gasteiger partial charge in [-0.15, -0.1) is 0 Å². The molecule has 3 N–H and O–H groups in total. The van der Waals surface area contributed by atoms with E-state index in [0.29, 0.717) is 55.5 Å². The molecule has 2 aliphatic rings. The van der Waals surface area contributed by atoms with Crippen LogP contribution in [-0.2, 0) is 19.3 Å². The molecule has 0 bridgehead atoms. The Balaban J connectivity index is 1.73. The number of aliphatic hydroxyl groups excluding tert-OH is 1. The zero-order valence-electron chi connectivity index (χ0n) is 19.9. The van der Waals surface area contributed by atoms with Crippen molar-refractivity contribution in [2.45, 2.75) is 43.4 Å². The number of ether oxygens (including phenoxy) is 1. The molecule has 13 heteroatoms. The van der Waals surface area contributed by atoms with E-state index in [9.17, 15) is 13.2 Å². The van der Waals surface area contributed by atoms with Gasteiger partial charge in [-0.2, -0.15) is 0 Å². The van der Waals surface area contributed by atoms with Gasteiger partial charge in [-0.3, -0.25) is 5.32 Å². The molecule has 1 saturated heterocycles. The largest absolute Gasteiger partial charge is 0.395 e. The van der Waals surface area contributed by atoms with Gasteiger partial charge >= 0.3 is 6.03 Å². The number of anilines is 2. The van der Waals surface area contributed by atoms with Crippen molar-refractivity contribution < 1.29 is 23.1 Å². The molecule has 1 aliphatic heterocycles. The average Bonchev–Trinajstić information content (AvgIpc) is 3.35. The summed E-state index contributed by atoms with van der Waals surface area (Å²) in [4.78, 5) is 31.7. The van der Waals surface area contributed by atoms with Crippen molar-refractivity contribution in [2.24, 2.45) is 0 Å². The first-order chi connectivity index (χ1) is 16.7. The molecule has 12 nitrogen and oxygen atoms in total. The van der Waals surface area contributed by atoms with E-state index >= 15 is 0 Å². The molecule has 1 saturated carbocycles. The maximum Gasteiger partial charge on any atom is 0.321 e. The second-order valence-corrected chi connectivity index (χ2v) is 11.3. The summed E-state index contributed by atoms with van der Waals surface area (Å²) < 4.78 is 30.5. The summed E-state index contributed by atoms with van der Waals surface area (Å²) >= 11 is 0. The first-order valence-electron chi connectivity index (χ1n) is 11.7. The van der Waals surface area contributed by atoms with Gasteiger partial charge in [0.15, 0.2) is 15.7 Å². The average molecular weight is 506 g/mol. The van der Waals surface area contributed by atoms with Crippen molar-refractivity contribution in [3.05, 3.63) is 24.2 Å². The molecule has 2 fully saturated rings. The number of hydrogen-bond donors (Lipinski definition) is 3. The fourth-order valence-electron chi connectivity index (χ4n) is 4.60. The lowest BCUT2D eigenvalue weighted by molar-refractivity contribution is 0.0985. The molecule has 0 radical (unpaired) electrons. The van der Waals surface area contributed by atoms with Crippen LogP contribution in [0.15, 0.2) is 18.5 Å². The minimum absolute atomic E-state index is 0.0670. The Kier molecular flexibility index (Phi) is 7.47. The van der Waals surface area contributed by atoms with Gasteiger partial charge in [-0.1, -0.05) is 12.8 Å². The molecule has 190 valence electrons. The quantitative estimate of drug-likeness (QED) is 0.497. The third kappa shape index (κ3) is 5.36. The number of hydrogen-bond acceptors (Lipinski definition) is 10. The van der Waals surface area contributed by atoms with E-state index in [1.807, 2.05) is 6.92 Å². The molecule has 4 rings (SSSR count). The van der Waals surface area contributed by atoms with Crippen LogP contribution in [0, 0.1) is 0 Å². The highest BCUT2D eigenvalue weighted by Gasteiger charge is 2.47. The molecule has 2 aromatic heterocycles. The molecule has 2 amide bonds. The van der Waals surface area contributed by atoms with Gasteiger partial charge in [0, 0.05) is 37.8 Å². The van der Waals surface area contributed by atoms with Crippen LogP contribution in [0.3, 0.4) is 0 Å². The van der Waals surface area contributed by atoms with Crippen molar-refractivity contribution in [1.29, 1.82) is 0 Å². The Labute approximate surface area is 204 Å². The van der Waals surface area contributed by atoms with E-state index in [1.54, 1.807) is 6.07 Å². The summed E-state index contributed by atoms with van der Waals surface area (Å²) in [7, 11) is -3.44. The summed E-state index contributed by atoms with van der Waals surface area (Å²) in [5.41, 5.74) is 0.985. The Hall–Kier alpha value is -2.90. The lowest BCUT2D eigenvalue weighted by atomic mass is 10.0. The molecule has 35 heavy (non-hydrogen) atoms. The summed E-state index contributed by atoms with van der Waals surface area (Å²) in [6, 6.07) is 1.34. The number of carbonyl (C=O) groups is 1. The monoisotopic (exact) mass is 505 g/mol. The van der Waals surface area contributed by atoms with E-state index < -0.39 is 20.6 Å². The summed E-state index contributed by atoms with van der Waals surface area (Å²) in [5, 5.41) is 13.7. The van der Waals surface area contributed by atoms with Crippen LogP contribution < -0.4 is 15.5 Å². The number of amides is 2. The predicted molar refractivity (Wildman–Crippen MR) is 130 cm³/mol. The number of sulfone groups is 1. The molecule has 0 aromatic carbocycles. The Morgan fingerprint density at radius 2 is 1.97 bits per heavy atom. The van der Waals surface area contributed by atoms with Crippen LogP contribution in [0.1, 0.15) is 38.3 Å². The maximum atomic E-state index is 13.0. The van der Waals surface area contributed by atoms with E-state index in [4.69, 9.17) is 19.8 Å². The molecule has 3 heterocycles. The van der Waals surface area contributed by atoms with Crippen LogP contribution in [0.2, 0.25) is 0 Å². The van der Waals surface area contributed by atoms with Crippen LogP contribution in [0.25, 0.3) is 11.4 Å². The highest BCUT2D eigenvalue weighted by Crippen LogP contribution is 2.45. The zero-order valence-corrected chi connectivity index (χ0v) is 20.7. The molecular weight excluding hydrogens is 474 g/mol. The van der Waals surface area contributed by atoms with Crippen molar-refractivity contribution >= 4 is 27.6 Å². The molecule has 0 spiro atoms. The van der Waals surface area contributed by atoms with Crippen molar-refractivity contribution in [2.75, 3.05) is 49.4 Å². The number of urea groups is 1. The van der Waals surface area contributed by atoms with Gasteiger partial charge in [0.2, 0.25) is 5.95 Å². The molecule has 1 atom stereocenters. The van der Waals surface area contributed by atoms with Crippen molar-refractivity contribution in [3.63, 3.8) is 0 Å². The van der Waals surface area contributed by atoms with E-state index in [1.165, 1.54) is 18.6 Å². The minimum Gasteiger partial charge on any atom is -0.395 e. The first kappa shape index (κ1) is 25.2. The van der Waals surface area contributed by atoms with Crippen molar-refractivity contribution in [3.8, 4) is 11.4 Å². The zero-order chi connectivity index (χ0) is 25.1. The summed E-state index contributed by atoms with van der Waals surface area (Å²) in [6.07, 6.45) is 6.92. The number of morpholine rings is 1. The Morgan fingerprint density at radius 1 is 1.26 bits per heavy atom. The van der Waals surface area contributed by atoms with Gasteiger partial charge in [-0.05, 0) is 19.8 Å². The topological polar surface area (TPSA) is 160 Å². The summed E-state index contributed by atoms with van der Waals surface area (Å²) in [6.45, 7) is 3.69. The van der Waals surface area contributed by atoms with E-state index in [2.05, 4.69) is 25.5 Å². The fourth-order valence-corrected chi connectivity index (χ4v) is 6.11. The van der Waals surface area contributed by atoms with E-state index in [0.717, 1.165) is 12.8 Å². The fraction of sp³-hybridized carbons (Fsp3) is 0.591. The number of nitrogens with one attached hydrogen (secondary N) is 2. The minimum atomic E-state index is -3.44. The molecule has 2 aromatic rings. The first-order valence-corrected chi connectivity index (χ1v) is 13.5.